The predicted octanol–water partition coefficient (Wildman–Crippen LogP) is 1.77. The summed E-state index contributed by atoms with van der Waals surface area (Å²) in [5.74, 6) is -0.775. The summed E-state index contributed by atoms with van der Waals surface area (Å²) in [6.45, 7) is 3.84. The number of anilines is 1. The predicted molar refractivity (Wildman–Crippen MR) is 75.8 cm³/mol. The Morgan fingerprint density at radius 1 is 1.20 bits per heavy atom. The molecule has 6 heteroatoms. The van der Waals surface area contributed by atoms with Gasteiger partial charge in [-0.15, -0.1) is 0 Å². The van der Waals surface area contributed by atoms with Gasteiger partial charge in [0, 0.05) is 18.7 Å². The van der Waals surface area contributed by atoms with Crippen LogP contribution in [0, 0.1) is 0 Å². The van der Waals surface area contributed by atoms with Gasteiger partial charge in [-0.3, -0.25) is 0 Å². The number of amides is 2. The minimum absolute atomic E-state index is 0.0327. The first-order valence-electron chi connectivity index (χ1n) is 6.45. The van der Waals surface area contributed by atoms with Gasteiger partial charge in [0.15, 0.2) is 0 Å². The van der Waals surface area contributed by atoms with Gasteiger partial charge in [-0.25, -0.2) is 9.59 Å². The number of urea groups is 1. The lowest BCUT2D eigenvalue weighted by Crippen LogP contribution is -2.43. The lowest BCUT2D eigenvalue weighted by Gasteiger charge is -2.14. The number of aliphatic hydroxyl groups is 1. The van der Waals surface area contributed by atoms with Crippen LogP contribution in [-0.4, -0.2) is 34.9 Å². The van der Waals surface area contributed by atoms with E-state index in [1.54, 1.807) is 12.1 Å². The Morgan fingerprint density at radius 3 is 2.25 bits per heavy atom. The van der Waals surface area contributed by atoms with E-state index in [4.69, 9.17) is 10.2 Å². The van der Waals surface area contributed by atoms with Gasteiger partial charge < -0.3 is 20.8 Å². The SMILES string of the molecule is CC(C)c1ccc(NC(=O)N[C@@H](CCO)C(=O)O)cc1. The van der Waals surface area contributed by atoms with E-state index in [0.29, 0.717) is 11.6 Å². The molecule has 1 aromatic carbocycles. The highest BCUT2D eigenvalue weighted by molar-refractivity contribution is 5.92. The van der Waals surface area contributed by atoms with Crippen molar-refractivity contribution < 1.29 is 19.8 Å². The summed E-state index contributed by atoms with van der Waals surface area (Å²) in [6, 6.07) is 5.62. The van der Waals surface area contributed by atoms with Gasteiger partial charge >= 0.3 is 12.0 Å². The largest absolute Gasteiger partial charge is 0.480 e. The van der Waals surface area contributed by atoms with Gasteiger partial charge in [0.05, 0.1) is 0 Å². The van der Waals surface area contributed by atoms with Crippen LogP contribution in [0.4, 0.5) is 10.5 Å². The Morgan fingerprint density at radius 2 is 1.80 bits per heavy atom. The molecule has 0 aliphatic heterocycles. The Hall–Kier alpha value is -2.08. The zero-order valence-electron chi connectivity index (χ0n) is 11.6. The Labute approximate surface area is 117 Å². The topological polar surface area (TPSA) is 98.7 Å². The van der Waals surface area contributed by atoms with E-state index >= 15 is 0 Å². The number of hydrogen-bond acceptors (Lipinski definition) is 3. The van der Waals surface area contributed by atoms with Crippen molar-refractivity contribution in [2.24, 2.45) is 0 Å². The molecule has 0 saturated heterocycles. The van der Waals surface area contributed by atoms with Crippen LogP contribution in [0.25, 0.3) is 0 Å². The van der Waals surface area contributed by atoms with Crippen molar-refractivity contribution in [1.29, 1.82) is 0 Å². The fourth-order valence-electron chi connectivity index (χ4n) is 1.66. The summed E-state index contributed by atoms with van der Waals surface area (Å²) in [4.78, 5) is 22.5. The Balaban J connectivity index is 2.59. The third-order valence-electron chi connectivity index (χ3n) is 2.86. The van der Waals surface area contributed by atoms with Crippen LogP contribution in [0.3, 0.4) is 0 Å². The fourth-order valence-corrected chi connectivity index (χ4v) is 1.66. The van der Waals surface area contributed by atoms with E-state index in [2.05, 4.69) is 24.5 Å². The number of carboxylic acid groups (broad SMARTS) is 1. The zero-order valence-corrected chi connectivity index (χ0v) is 11.6. The van der Waals surface area contributed by atoms with Crippen molar-refractivity contribution in [3.63, 3.8) is 0 Å². The van der Waals surface area contributed by atoms with Gasteiger partial charge in [0.1, 0.15) is 6.04 Å². The van der Waals surface area contributed by atoms with E-state index < -0.39 is 18.0 Å². The van der Waals surface area contributed by atoms with Crippen LogP contribution in [0.2, 0.25) is 0 Å². The second-order valence-electron chi connectivity index (χ2n) is 4.78. The minimum Gasteiger partial charge on any atom is -0.480 e. The standard InChI is InChI=1S/C14H20N2O4/c1-9(2)10-3-5-11(6-4-10)15-14(20)16-12(7-8-17)13(18)19/h3-6,9,12,17H,7-8H2,1-2H3,(H,18,19)(H2,15,16,20)/t12-/m0/s1. The number of carbonyl (C=O) groups excluding carboxylic acids is 1. The Bertz CT molecular complexity index is 457. The lowest BCUT2D eigenvalue weighted by molar-refractivity contribution is -0.139. The van der Waals surface area contributed by atoms with Gasteiger partial charge in [-0.2, -0.15) is 0 Å². The van der Waals surface area contributed by atoms with Crippen LogP contribution >= 0.6 is 0 Å². The summed E-state index contributed by atoms with van der Waals surface area (Å²) in [7, 11) is 0. The van der Waals surface area contributed by atoms with Crippen molar-refractivity contribution in [3.05, 3.63) is 29.8 Å². The quantitative estimate of drug-likeness (QED) is 0.638. The van der Waals surface area contributed by atoms with Gasteiger partial charge in [-0.1, -0.05) is 26.0 Å². The molecule has 0 bridgehead atoms. The molecule has 0 radical (unpaired) electrons. The summed E-state index contributed by atoms with van der Waals surface area (Å²) >= 11 is 0. The summed E-state index contributed by atoms with van der Waals surface area (Å²) < 4.78 is 0. The molecule has 4 N–H and O–H groups in total. The number of benzene rings is 1. The molecule has 20 heavy (non-hydrogen) atoms. The first kappa shape index (κ1) is 16.0. The maximum absolute atomic E-state index is 11.7. The minimum atomic E-state index is -1.18. The molecule has 0 aliphatic rings. The molecular weight excluding hydrogens is 260 g/mol. The molecule has 6 nitrogen and oxygen atoms in total. The van der Waals surface area contributed by atoms with Crippen molar-refractivity contribution in [2.75, 3.05) is 11.9 Å². The number of nitrogens with one attached hydrogen (secondary N) is 2. The van der Waals surface area contributed by atoms with Crippen LogP contribution in [0.1, 0.15) is 31.7 Å². The van der Waals surface area contributed by atoms with Crippen LogP contribution in [0.5, 0.6) is 0 Å². The third-order valence-corrected chi connectivity index (χ3v) is 2.86. The molecule has 1 atom stereocenters. The maximum atomic E-state index is 11.7. The summed E-state index contributed by atoms with van der Waals surface area (Å²) in [6.07, 6.45) is -0.0327. The van der Waals surface area contributed by atoms with E-state index in [9.17, 15) is 9.59 Å². The van der Waals surface area contributed by atoms with E-state index in [1.165, 1.54) is 0 Å². The monoisotopic (exact) mass is 280 g/mol. The highest BCUT2D eigenvalue weighted by Crippen LogP contribution is 2.16. The van der Waals surface area contributed by atoms with Crippen molar-refractivity contribution >= 4 is 17.7 Å². The Kier molecular flexibility index (Phi) is 5.99. The molecule has 0 spiro atoms. The van der Waals surface area contributed by atoms with Crippen LogP contribution in [-0.2, 0) is 4.79 Å². The van der Waals surface area contributed by atoms with Crippen molar-refractivity contribution in [2.45, 2.75) is 32.2 Å². The second kappa shape index (κ2) is 7.49. The highest BCUT2D eigenvalue weighted by atomic mass is 16.4. The lowest BCUT2D eigenvalue weighted by atomic mass is 10.0. The normalized spacial score (nSPS) is 12.0. The summed E-state index contributed by atoms with van der Waals surface area (Å²) in [5.41, 5.74) is 1.74. The van der Waals surface area contributed by atoms with Gasteiger partial charge in [-0.05, 0) is 23.6 Å². The van der Waals surface area contributed by atoms with Crippen LogP contribution in [0.15, 0.2) is 24.3 Å². The number of hydrogen-bond donors (Lipinski definition) is 4. The zero-order chi connectivity index (χ0) is 15.1. The molecule has 0 aliphatic carbocycles. The van der Waals surface area contributed by atoms with Crippen molar-refractivity contribution in [1.82, 2.24) is 5.32 Å². The number of aliphatic carboxylic acids is 1. The van der Waals surface area contributed by atoms with Crippen molar-refractivity contribution in [3.8, 4) is 0 Å². The van der Waals surface area contributed by atoms with Gasteiger partial charge in [0.2, 0.25) is 0 Å². The first-order valence-corrected chi connectivity index (χ1v) is 6.45. The number of rotatable bonds is 6. The summed E-state index contributed by atoms with van der Waals surface area (Å²) in [5, 5.41) is 22.4. The first-order chi connectivity index (χ1) is 9.43. The molecule has 1 aromatic rings. The molecule has 0 heterocycles. The van der Waals surface area contributed by atoms with Crippen LogP contribution < -0.4 is 10.6 Å². The molecule has 2 amide bonds. The fraction of sp³-hybridized carbons (Fsp3) is 0.429. The molecule has 1 rings (SSSR count). The molecular formula is C14H20N2O4. The molecule has 0 fully saturated rings. The van der Waals surface area contributed by atoms with E-state index in [-0.39, 0.29) is 13.0 Å². The number of carboxylic acids is 1. The highest BCUT2D eigenvalue weighted by Gasteiger charge is 2.19. The molecule has 0 unspecified atom stereocenters. The van der Waals surface area contributed by atoms with E-state index in [1.807, 2.05) is 12.1 Å². The number of carbonyl (C=O) groups is 2. The third kappa shape index (κ3) is 4.89. The number of aliphatic hydroxyl groups excluding tert-OH is 1. The molecule has 0 saturated carbocycles. The van der Waals surface area contributed by atoms with Gasteiger partial charge in [0.25, 0.3) is 0 Å². The average molecular weight is 280 g/mol. The van der Waals surface area contributed by atoms with E-state index in [0.717, 1.165) is 5.56 Å². The average Bonchev–Trinajstić information content (AvgIpc) is 2.38. The molecule has 0 aromatic heterocycles. The smallest absolute Gasteiger partial charge is 0.326 e. The maximum Gasteiger partial charge on any atom is 0.326 e. The molecule has 110 valence electrons. The second-order valence-corrected chi connectivity index (χ2v) is 4.78.